The van der Waals surface area contributed by atoms with Crippen LogP contribution in [-0.2, 0) is 14.3 Å². The summed E-state index contributed by atoms with van der Waals surface area (Å²) in [5, 5.41) is 0. The van der Waals surface area contributed by atoms with Crippen molar-refractivity contribution in [3.8, 4) is 0 Å². The summed E-state index contributed by atoms with van der Waals surface area (Å²) in [6.45, 7) is 1.32. The highest BCUT2D eigenvalue weighted by molar-refractivity contribution is 5.99. The topological polar surface area (TPSA) is 112 Å². The number of hydrogen-bond donors (Lipinski definition) is 2. The SMILES string of the molecule is CC(OC(N)=O)C(=O)CC(N)=O. The molecule has 0 saturated heterocycles. The lowest BCUT2D eigenvalue weighted by atomic mass is 10.2. The molecular weight excluding hydrogens is 164 g/mol. The van der Waals surface area contributed by atoms with Crippen LogP contribution in [0.15, 0.2) is 0 Å². The lowest BCUT2D eigenvalue weighted by molar-refractivity contribution is -0.131. The van der Waals surface area contributed by atoms with E-state index in [2.05, 4.69) is 10.5 Å². The second-order valence-corrected chi connectivity index (χ2v) is 2.19. The van der Waals surface area contributed by atoms with Gasteiger partial charge in [-0.3, -0.25) is 9.59 Å². The van der Waals surface area contributed by atoms with E-state index in [0.717, 1.165) is 0 Å². The zero-order chi connectivity index (χ0) is 9.72. The number of carbonyl (C=O) groups is 3. The quantitative estimate of drug-likeness (QED) is 0.527. The van der Waals surface area contributed by atoms with Gasteiger partial charge in [0.1, 0.15) is 0 Å². The number of ether oxygens (including phenoxy) is 1. The minimum atomic E-state index is -1.06. The predicted octanol–water partition coefficient (Wildman–Crippen LogP) is -1.09. The second kappa shape index (κ2) is 4.32. The van der Waals surface area contributed by atoms with E-state index in [0.29, 0.717) is 0 Å². The third-order valence-corrected chi connectivity index (χ3v) is 1.09. The normalized spacial score (nSPS) is 11.8. The Morgan fingerprint density at radius 1 is 1.33 bits per heavy atom. The summed E-state index contributed by atoms with van der Waals surface area (Å²) in [6.07, 6.45) is -2.52. The van der Waals surface area contributed by atoms with Crippen LogP contribution in [0.1, 0.15) is 13.3 Å². The smallest absolute Gasteiger partial charge is 0.405 e. The third-order valence-electron chi connectivity index (χ3n) is 1.09. The van der Waals surface area contributed by atoms with Crippen LogP contribution in [0.4, 0.5) is 4.79 Å². The molecular formula is C6H10N2O4. The largest absolute Gasteiger partial charge is 0.439 e. The van der Waals surface area contributed by atoms with Crippen LogP contribution in [0, 0.1) is 0 Å². The lowest BCUT2D eigenvalue weighted by Gasteiger charge is -2.07. The van der Waals surface area contributed by atoms with E-state index in [9.17, 15) is 14.4 Å². The first-order valence-electron chi connectivity index (χ1n) is 3.20. The van der Waals surface area contributed by atoms with E-state index in [4.69, 9.17) is 5.73 Å². The molecule has 1 unspecified atom stereocenters. The summed E-state index contributed by atoms with van der Waals surface area (Å²) in [6, 6.07) is 0. The standard InChI is InChI=1S/C6H10N2O4/c1-3(12-6(8)11)4(9)2-5(7)10/h3H,2H2,1H3,(H2,7,10)(H2,8,11). The molecule has 12 heavy (non-hydrogen) atoms. The van der Waals surface area contributed by atoms with Crippen LogP contribution in [0.5, 0.6) is 0 Å². The molecule has 0 saturated carbocycles. The summed E-state index contributed by atoms with van der Waals surface area (Å²) in [4.78, 5) is 31.2. The molecule has 6 nitrogen and oxygen atoms in total. The molecule has 0 aliphatic rings. The van der Waals surface area contributed by atoms with E-state index in [1.165, 1.54) is 6.92 Å². The van der Waals surface area contributed by atoms with Crippen molar-refractivity contribution in [2.24, 2.45) is 11.5 Å². The van der Waals surface area contributed by atoms with Crippen LogP contribution >= 0.6 is 0 Å². The predicted molar refractivity (Wildman–Crippen MR) is 38.9 cm³/mol. The molecule has 6 heteroatoms. The molecule has 0 radical (unpaired) electrons. The molecule has 0 heterocycles. The Kier molecular flexibility index (Phi) is 3.75. The van der Waals surface area contributed by atoms with Gasteiger partial charge < -0.3 is 16.2 Å². The Morgan fingerprint density at radius 2 is 1.83 bits per heavy atom. The number of Topliss-reactive ketones (excluding diaryl/α,β-unsaturated/α-hetero) is 1. The maximum absolute atomic E-state index is 10.9. The fourth-order valence-corrected chi connectivity index (χ4v) is 0.555. The highest BCUT2D eigenvalue weighted by Gasteiger charge is 2.17. The number of primary amides is 2. The van der Waals surface area contributed by atoms with Crippen LogP contribution in [0.25, 0.3) is 0 Å². The van der Waals surface area contributed by atoms with Gasteiger partial charge in [0.2, 0.25) is 5.91 Å². The molecule has 1 atom stereocenters. The van der Waals surface area contributed by atoms with Gasteiger partial charge in [0.05, 0.1) is 6.42 Å². The maximum Gasteiger partial charge on any atom is 0.405 e. The van der Waals surface area contributed by atoms with Gasteiger partial charge >= 0.3 is 6.09 Å². The first-order valence-corrected chi connectivity index (χ1v) is 3.20. The van der Waals surface area contributed by atoms with Crippen molar-refractivity contribution in [3.63, 3.8) is 0 Å². The second-order valence-electron chi connectivity index (χ2n) is 2.19. The summed E-state index contributed by atoms with van der Waals surface area (Å²) in [5.41, 5.74) is 9.36. The summed E-state index contributed by atoms with van der Waals surface area (Å²) >= 11 is 0. The van der Waals surface area contributed by atoms with Crippen molar-refractivity contribution < 1.29 is 19.1 Å². The summed E-state index contributed by atoms with van der Waals surface area (Å²) in [5.74, 6) is -1.33. The van der Waals surface area contributed by atoms with Crippen molar-refractivity contribution >= 4 is 17.8 Å². The van der Waals surface area contributed by atoms with Gasteiger partial charge in [-0.15, -0.1) is 0 Å². The molecule has 0 aromatic carbocycles. The van der Waals surface area contributed by atoms with Crippen molar-refractivity contribution in [2.75, 3.05) is 0 Å². The molecule has 0 fully saturated rings. The Labute approximate surface area is 68.8 Å². The average molecular weight is 174 g/mol. The van der Waals surface area contributed by atoms with Gasteiger partial charge in [-0.05, 0) is 6.92 Å². The Bertz CT molecular complexity index is 214. The van der Waals surface area contributed by atoms with E-state index < -0.39 is 30.3 Å². The molecule has 0 aliphatic heterocycles. The van der Waals surface area contributed by atoms with Crippen LogP contribution in [-0.4, -0.2) is 23.9 Å². The number of amides is 2. The van der Waals surface area contributed by atoms with Gasteiger partial charge in [-0.2, -0.15) is 0 Å². The molecule has 0 aliphatic carbocycles. The molecule has 0 rings (SSSR count). The first-order chi connectivity index (χ1) is 5.43. The molecule has 4 N–H and O–H groups in total. The molecule has 0 bridgehead atoms. The third kappa shape index (κ3) is 4.26. The zero-order valence-corrected chi connectivity index (χ0v) is 6.57. The van der Waals surface area contributed by atoms with Gasteiger partial charge in [-0.25, -0.2) is 4.79 Å². The van der Waals surface area contributed by atoms with Crippen molar-refractivity contribution in [2.45, 2.75) is 19.4 Å². The van der Waals surface area contributed by atoms with Gasteiger partial charge in [0.25, 0.3) is 0 Å². The zero-order valence-electron chi connectivity index (χ0n) is 6.57. The van der Waals surface area contributed by atoms with E-state index in [1.807, 2.05) is 0 Å². The molecule has 68 valence electrons. The van der Waals surface area contributed by atoms with Gasteiger partial charge in [-0.1, -0.05) is 0 Å². The molecule has 0 aromatic heterocycles. The van der Waals surface area contributed by atoms with Crippen molar-refractivity contribution in [1.29, 1.82) is 0 Å². The fraction of sp³-hybridized carbons (Fsp3) is 0.500. The van der Waals surface area contributed by atoms with Crippen LogP contribution in [0.3, 0.4) is 0 Å². The Balaban J connectivity index is 3.93. The number of rotatable bonds is 4. The van der Waals surface area contributed by atoms with Gasteiger partial charge in [0.15, 0.2) is 11.9 Å². The fourth-order valence-electron chi connectivity index (χ4n) is 0.555. The van der Waals surface area contributed by atoms with E-state index in [1.54, 1.807) is 0 Å². The summed E-state index contributed by atoms with van der Waals surface area (Å²) < 4.78 is 4.29. The van der Waals surface area contributed by atoms with Crippen LogP contribution in [0.2, 0.25) is 0 Å². The van der Waals surface area contributed by atoms with Crippen LogP contribution < -0.4 is 11.5 Å². The molecule has 0 aromatic rings. The highest BCUT2D eigenvalue weighted by atomic mass is 16.6. The van der Waals surface area contributed by atoms with E-state index in [-0.39, 0.29) is 0 Å². The maximum atomic E-state index is 10.9. The van der Waals surface area contributed by atoms with Crippen molar-refractivity contribution in [3.05, 3.63) is 0 Å². The molecule has 2 amide bonds. The number of ketones is 1. The number of carbonyl (C=O) groups excluding carboxylic acids is 3. The van der Waals surface area contributed by atoms with Crippen molar-refractivity contribution in [1.82, 2.24) is 0 Å². The van der Waals surface area contributed by atoms with Gasteiger partial charge in [0, 0.05) is 0 Å². The average Bonchev–Trinajstić information content (AvgIpc) is 1.84. The van der Waals surface area contributed by atoms with E-state index >= 15 is 0 Å². The molecule has 0 spiro atoms. The Morgan fingerprint density at radius 3 is 2.17 bits per heavy atom. The number of nitrogens with two attached hydrogens (primary N) is 2. The highest BCUT2D eigenvalue weighted by Crippen LogP contribution is 1.95. The summed E-state index contributed by atoms with van der Waals surface area (Å²) in [7, 11) is 0. The monoisotopic (exact) mass is 174 g/mol. The minimum absolute atomic E-state index is 0.450. The minimum Gasteiger partial charge on any atom is -0.439 e. The first kappa shape index (κ1) is 10.4. The lowest BCUT2D eigenvalue weighted by Crippen LogP contribution is -2.30. The Hall–Kier alpha value is -1.59. The number of hydrogen-bond acceptors (Lipinski definition) is 4.